The van der Waals surface area contributed by atoms with E-state index in [0.29, 0.717) is 16.4 Å². The second kappa shape index (κ2) is 7.01. The molecule has 0 fully saturated rings. The lowest BCUT2D eigenvalue weighted by molar-refractivity contribution is -0.122. The maximum absolute atomic E-state index is 13.0. The van der Waals surface area contributed by atoms with Crippen LogP contribution in [0.5, 0.6) is 0 Å². The molecule has 2 aromatic rings. The topological polar surface area (TPSA) is 74.2 Å². The van der Waals surface area contributed by atoms with Crippen molar-refractivity contribution < 1.29 is 14.3 Å². The first-order valence-electron chi connectivity index (χ1n) is 6.14. The summed E-state index contributed by atoms with van der Waals surface area (Å²) in [5, 5.41) is 10.3. The summed E-state index contributed by atoms with van der Waals surface area (Å²) < 4.78 is 13.0. The lowest BCUT2D eigenvalue weighted by Crippen LogP contribution is -2.30. The zero-order valence-electron chi connectivity index (χ0n) is 10.9. The largest absolute Gasteiger partial charge is 0.388 e. The zero-order chi connectivity index (χ0) is 15.2. The monoisotopic (exact) mass is 309 g/mol. The SMILES string of the molecule is O=C(CC(O)c1cccc(F)c1)NNc1cc(Cl)ccn1. The Labute approximate surface area is 125 Å². The average molecular weight is 310 g/mol. The van der Waals surface area contributed by atoms with Gasteiger partial charge in [-0.1, -0.05) is 23.7 Å². The molecular formula is C14H13ClFN3O2. The number of carbonyl (C=O) groups excluding carboxylic acids is 1. The van der Waals surface area contributed by atoms with Gasteiger partial charge in [0.25, 0.3) is 0 Å². The molecular weight excluding hydrogens is 297 g/mol. The molecule has 3 N–H and O–H groups in total. The molecule has 1 amide bonds. The standard InChI is InChI=1S/C14H13ClFN3O2/c15-10-4-5-17-13(7-10)18-19-14(21)8-12(20)9-2-1-3-11(16)6-9/h1-7,12,20H,8H2,(H,17,18)(H,19,21). The van der Waals surface area contributed by atoms with Crippen molar-refractivity contribution in [3.05, 3.63) is 59.0 Å². The van der Waals surface area contributed by atoms with E-state index in [9.17, 15) is 14.3 Å². The van der Waals surface area contributed by atoms with Gasteiger partial charge in [-0.05, 0) is 23.8 Å². The molecule has 110 valence electrons. The van der Waals surface area contributed by atoms with Crippen LogP contribution in [-0.4, -0.2) is 16.0 Å². The summed E-state index contributed by atoms with van der Waals surface area (Å²) in [4.78, 5) is 15.6. The number of carbonyl (C=O) groups is 1. The maximum Gasteiger partial charge on any atom is 0.241 e. The number of nitrogens with one attached hydrogen (secondary N) is 2. The van der Waals surface area contributed by atoms with Crippen LogP contribution in [0.2, 0.25) is 5.02 Å². The molecule has 0 aliphatic rings. The number of anilines is 1. The van der Waals surface area contributed by atoms with Gasteiger partial charge >= 0.3 is 0 Å². The van der Waals surface area contributed by atoms with E-state index in [1.54, 1.807) is 12.1 Å². The number of hydrazine groups is 1. The van der Waals surface area contributed by atoms with Crippen molar-refractivity contribution in [2.24, 2.45) is 0 Å². The molecule has 0 saturated heterocycles. The zero-order valence-corrected chi connectivity index (χ0v) is 11.6. The van der Waals surface area contributed by atoms with Crippen LogP contribution >= 0.6 is 11.6 Å². The number of aromatic nitrogens is 1. The number of aliphatic hydroxyl groups excluding tert-OH is 1. The van der Waals surface area contributed by atoms with Crippen LogP contribution in [0.3, 0.4) is 0 Å². The van der Waals surface area contributed by atoms with Crippen molar-refractivity contribution in [1.29, 1.82) is 0 Å². The third kappa shape index (κ3) is 4.70. The Bertz CT molecular complexity index is 639. The van der Waals surface area contributed by atoms with E-state index in [4.69, 9.17) is 11.6 Å². The quantitative estimate of drug-likeness (QED) is 0.742. The third-order valence-electron chi connectivity index (χ3n) is 2.66. The summed E-state index contributed by atoms with van der Waals surface area (Å²) in [6.07, 6.45) is 0.185. The highest BCUT2D eigenvalue weighted by molar-refractivity contribution is 6.30. The smallest absolute Gasteiger partial charge is 0.241 e. The first-order chi connectivity index (χ1) is 10.0. The van der Waals surface area contributed by atoms with E-state index >= 15 is 0 Å². The number of amides is 1. The predicted octanol–water partition coefficient (Wildman–Crippen LogP) is 2.44. The lowest BCUT2D eigenvalue weighted by atomic mass is 10.1. The number of halogens is 2. The minimum Gasteiger partial charge on any atom is -0.388 e. The van der Waals surface area contributed by atoms with Crippen molar-refractivity contribution in [1.82, 2.24) is 10.4 Å². The fourth-order valence-corrected chi connectivity index (χ4v) is 1.82. The summed E-state index contributed by atoms with van der Waals surface area (Å²) in [7, 11) is 0. The van der Waals surface area contributed by atoms with Crippen molar-refractivity contribution in [2.75, 3.05) is 5.43 Å². The van der Waals surface area contributed by atoms with Crippen LogP contribution in [0.4, 0.5) is 10.2 Å². The van der Waals surface area contributed by atoms with Gasteiger partial charge in [0.15, 0.2) is 0 Å². The Morgan fingerprint density at radius 3 is 2.90 bits per heavy atom. The normalized spacial score (nSPS) is 11.8. The molecule has 2 rings (SSSR count). The van der Waals surface area contributed by atoms with Gasteiger partial charge in [-0.25, -0.2) is 9.37 Å². The Balaban J connectivity index is 1.87. The summed E-state index contributed by atoms with van der Waals surface area (Å²) in [6.45, 7) is 0. The molecule has 1 unspecified atom stereocenters. The highest BCUT2D eigenvalue weighted by atomic mass is 35.5. The molecule has 1 aromatic heterocycles. The highest BCUT2D eigenvalue weighted by Gasteiger charge is 2.13. The minimum atomic E-state index is -1.09. The first-order valence-corrected chi connectivity index (χ1v) is 6.52. The van der Waals surface area contributed by atoms with Crippen LogP contribution in [0.25, 0.3) is 0 Å². The third-order valence-corrected chi connectivity index (χ3v) is 2.90. The number of nitrogens with zero attached hydrogens (tertiary/aromatic N) is 1. The van der Waals surface area contributed by atoms with Crippen molar-refractivity contribution in [2.45, 2.75) is 12.5 Å². The molecule has 1 heterocycles. The van der Waals surface area contributed by atoms with Crippen LogP contribution < -0.4 is 10.9 Å². The Morgan fingerprint density at radius 1 is 1.38 bits per heavy atom. The highest BCUT2D eigenvalue weighted by Crippen LogP contribution is 2.17. The number of benzene rings is 1. The molecule has 21 heavy (non-hydrogen) atoms. The van der Waals surface area contributed by atoms with E-state index in [1.807, 2.05) is 0 Å². The molecule has 0 saturated carbocycles. The van der Waals surface area contributed by atoms with Crippen LogP contribution in [0.15, 0.2) is 42.6 Å². The maximum atomic E-state index is 13.0. The molecule has 0 bridgehead atoms. The number of hydrogen-bond acceptors (Lipinski definition) is 4. The fourth-order valence-electron chi connectivity index (χ4n) is 1.67. The predicted molar refractivity (Wildman–Crippen MR) is 77.0 cm³/mol. The van der Waals surface area contributed by atoms with Crippen molar-refractivity contribution in [3.8, 4) is 0 Å². The average Bonchev–Trinajstić information content (AvgIpc) is 2.45. The van der Waals surface area contributed by atoms with Gasteiger partial charge in [0.05, 0.1) is 12.5 Å². The van der Waals surface area contributed by atoms with Gasteiger partial charge in [-0.2, -0.15) is 0 Å². The fraction of sp³-hybridized carbons (Fsp3) is 0.143. The van der Waals surface area contributed by atoms with Crippen LogP contribution in [0, 0.1) is 5.82 Å². The van der Waals surface area contributed by atoms with E-state index in [0.717, 1.165) is 0 Å². The summed E-state index contributed by atoms with van der Waals surface area (Å²) >= 11 is 5.77. The van der Waals surface area contributed by atoms with Crippen LogP contribution in [0.1, 0.15) is 18.1 Å². The van der Waals surface area contributed by atoms with E-state index < -0.39 is 17.8 Å². The van der Waals surface area contributed by atoms with Gasteiger partial charge in [-0.3, -0.25) is 15.6 Å². The first kappa shape index (κ1) is 15.2. The second-order valence-electron chi connectivity index (χ2n) is 4.31. The van der Waals surface area contributed by atoms with Gasteiger partial charge in [0.2, 0.25) is 5.91 Å². The summed E-state index contributed by atoms with van der Waals surface area (Å²) in [6, 6.07) is 8.60. The van der Waals surface area contributed by atoms with E-state index in [-0.39, 0.29) is 6.42 Å². The number of rotatable bonds is 5. The number of pyridine rings is 1. The summed E-state index contributed by atoms with van der Waals surface area (Å²) in [5.41, 5.74) is 5.29. The molecule has 0 aliphatic heterocycles. The molecule has 7 heteroatoms. The van der Waals surface area contributed by atoms with Crippen LogP contribution in [-0.2, 0) is 4.79 Å². The Morgan fingerprint density at radius 2 is 2.19 bits per heavy atom. The molecule has 0 spiro atoms. The Kier molecular flexibility index (Phi) is 5.08. The number of hydrogen-bond donors (Lipinski definition) is 3. The molecule has 1 aromatic carbocycles. The van der Waals surface area contributed by atoms with Crippen molar-refractivity contribution in [3.63, 3.8) is 0 Å². The van der Waals surface area contributed by atoms with Gasteiger partial charge in [0, 0.05) is 17.3 Å². The van der Waals surface area contributed by atoms with Gasteiger partial charge in [0.1, 0.15) is 11.6 Å². The minimum absolute atomic E-state index is 0.211. The van der Waals surface area contributed by atoms with E-state index in [2.05, 4.69) is 15.8 Å². The van der Waals surface area contributed by atoms with E-state index in [1.165, 1.54) is 30.5 Å². The molecule has 1 atom stereocenters. The second-order valence-corrected chi connectivity index (χ2v) is 4.74. The molecule has 0 radical (unpaired) electrons. The molecule has 0 aliphatic carbocycles. The van der Waals surface area contributed by atoms with Gasteiger partial charge in [-0.15, -0.1) is 0 Å². The number of aliphatic hydroxyl groups is 1. The Hall–Kier alpha value is -2.18. The van der Waals surface area contributed by atoms with Crippen molar-refractivity contribution >= 4 is 23.3 Å². The van der Waals surface area contributed by atoms with Gasteiger partial charge < -0.3 is 5.11 Å². The summed E-state index contributed by atoms with van der Waals surface area (Å²) in [5.74, 6) is -0.558. The lowest BCUT2D eigenvalue weighted by Gasteiger charge is -2.12. The molecule has 5 nitrogen and oxygen atoms in total.